The van der Waals surface area contributed by atoms with Crippen LogP contribution < -0.4 is 5.32 Å². The van der Waals surface area contributed by atoms with Gasteiger partial charge in [-0.05, 0) is 54.2 Å². The third kappa shape index (κ3) is 5.03. The number of nitrogens with zero attached hydrogens (tertiary/aromatic N) is 2. The molecular formula is C32H29N3O. The number of hydrogen-bond donors (Lipinski definition) is 1. The first-order chi connectivity index (χ1) is 17.7. The van der Waals surface area contributed by atoms with Crippen molar-refractivity contribution in [2.24, 2.45) is 0 Å². The average Bonchev–Trinajstić information content (AvgIpc) is 2.95. The Hall–Kier alpha value is -4.31. The third-order valence-corrected chi connectivity index (χ3v) is 6.60. The van der Waals surface area contributed by atoms with E-state index in [1.165, 1.54) is 5.56 Å². The van der Waals surface area contributed by atoms with Crippen LogP contribution >= 0.6 is 0 Å². The van der Waals surface area contributed by atoms with Crippen LogP contribution in [0.25, 0.3) is 22.2 Å². The third-order valence-electron chi connectivity index (χ3n) is 6.60. The minimum absolute atomic E-state index is 0.0637. The Bertz CT molecular complexity index is 1450. The normalized spacial score (nSPS) is 11.8. The molecule has 0 spiro atoms. The van der Waals surface area contributed by atoms with Crippen LogP contribution in [0.5, 0.6) is 0 Å². The number of para-hydroxylation sites is 1. The quantitative estimate of drug-likeness (QED) is 0.266. The van der Waals surface area contributed by atoms with Gasteiger partial charge in [0.25, 0.3) is 5.91 Å². The summed E-state index contributed by atoms with van der Waals surface area (Å²) in [4.78, 5) is 23.3. The van der Waals surface area contributed by atoms with E-state index in [1.54, 1.807) is 0 Å². The van der Waals surface area contributed by atoms with Crippen LogP contribution in [-0.2, 0) is 12.8 Å². The lowest BCUT2D eigenvalue weighted by Gasteiger charge is -2.21. The van der Waals surface area contributed by atoms with E-state index in [-0.39, 0.29) is 11.9 Å². The Morgan fingerprint density at radius 1 is 0.806 bits per heavy atom. The molecule has 1 atom stereocenters. The summed E-state index contributed by atoms with van der Waals surface area (Å²) in [6.45, 7) is 2.10. The molecule has 0 aliphatic carbocycles. The summed E-state index contributed by atoms with van der Waals surface area (Å²) < 4.78 is 0. The van der Waals surface area contributed by atoms with Gasteiger partial charge < -0.3 is 5.32 Å². The number of hydrogen-bond acceptors (Lipinski definition) is 3. The van der Waals surface area contributed by atoms with E-state index in [4.69, 9.17) is 4.98 Å². The van der Waals surface area contributed by atoms with Gasteiger partial charge in [-0.15, -0.1) is 0 Å². The zero-order chi connectivity index (χ0) is 24.7. The highest BCUT2D eigenvalue weighted by Gasteiger charge is 2.23. The van der Waals surface area contributed by atoms with Gasteiger partial charge in [0.15, 0.2) is 0 Å². The lowest BCUT2D eigenvalue weighted by molar-refractivity contribution is 0.0936. The Morgan fingerprint density at radius 2 is 1.47 bits per heavy atom. The van der Waals surface area contributed by atoms with Crippen LogP contribution in [0, 0.1) is 0 Å². The number of carbonyl (C=O) groups is 1. The number of nitrogens with one attached hydrogen (secondary N) is 1. The van der Waals surface area contributed by atoms with Crippen molar-refractivity contribution in [2.45, 2.75) is 32.2 Å². The van der Waals surface area contributed by atoms with E-state index in [2.05, 4.69) is 41.5 Å². The smallest absolute Gasteiger partial charge is 0.252 e. The summed E-state index contributed by atoms with van der Waals surface area (Å²) in [5, 5.41) is 4.21. The average molecular weight is 472 g/mol. The van der Waals surface area contributed by atoms with Crippen molar-refractivity contribution in [2.75, 3.05) is 0 Å². The molecule has 0 saturated carbocycles. The van der Waals surface area contributed by atoms with Gasteiger partial charge in [-0.25, -0.2) is 4.98 Å². The van der Waals surface area contributed by atoms with E-state index in [0.717, 1.165) is 46.1 Å². The lowest BCUT2D eigenvalue weighted by atomic mass is 9.91. The van der Waals surface area contributed by atoms with Gasteiger partial charge in [0.05, 0.1) is 22.8 Å². The lowest BCUT2D eigenvalue weighted by Crippen LogP contribution is -2.29. The van der Waals surface area contributed by atoms with Crippen molar-refractivity contribution in [3.63, 3.8) is 0 Å². The van der Waals surface area contributed by atoms with Crippen LogP contribution in [-0.4, -0.2) is 15.9 Å². The molecule has 4 nitrogen and oxygen atoms in total. The Kier molecular flexibility index (Phi) is 7.13. The van der Waals surface area contributed by atoms with Gasteiger partial charge in [0.2, 0.25) is 0 Å². The Balaban J connectivity index is 1.64. The highest BCUT2D eigenvalue weighted by Crippen LogP contribution is 2.32. The molecule has 4 heteroatoms. The Labute approximate surface area is 212 Å². The summed E-state index contributed by atoms with van der Waals surface area (Å²) in [6.07, 6.45) is 5.91. The SMILES string of the molecule is CCC(NC(=O)c1c(CCc2ccncc2)c(-c2ccccc2)nc2ccccc12)c1ccccc1. The van der Waals surface area contributed by atoms with Crippen molar-refractivity contribution < 1.29 is 4.79 Å². The van der Waals surface area contributed by atoms with Gasteiger partial charge in [0, 0.05) is 23.3 Å². The van der Waals surface area contributed by atoms with Gasteiger partial charge in [0.1, 0.15) is 0 Å². The zero-order valence-electron chi connectivity index (χ0n) is 20.4. The predicted octanol–water partition coefficient (Wildman–Crippen LogP) is 6.96. The summed E-state index contributed by atoms with van der Waals surface area (Å²) in [7, 11) is 0. The van der Waals surface area contributed by atoms with Crippen LogP contribution in [0.4, 0.5) is 0 Å². The fourth-order valence-electron chi connectivity index (χ4n) is 4.74. The topological polar surface area (TPSA) is 54.9 Å². The van der Waals surface area contributed by atoms with Crippen molar-refractivity contribution >= 4 is 16.8 Å². The minimum atomic E-state index is -0.0705. The first-order valence-electron chi connectivity index (χ1n) is 12.5. The van der Waals surface area contributed by atoms with E-state index < -0.39 is 0 Å². The Morgan fingerprint density at radius 3 is 2.19 bits per heavy atom. The number of aromatic nitrogens is 2. The molecule has 0 fully saturated rings. The van der Waals surface area contributed by atoms with Crippen molar-refractivity contribution in [1.29, 1.82) is 0 Å². The zero-order valence-corrected chi connectivity index (χ0v) is 20.4. The molecule has 1 unspecified atom stereocenters. The molecule has 0 radical (unpaired) electrons. The highest BCUT2D eigenvalue weighted by atomic mass is 16.1. The number of pyridine rings is 2. The van der Waals surface area contributed by atoms with E-state index in [1.807, 2.05) is 85.2 Å². The molecule has 36 heavy (non-hydrogen) atoms. The fraction of sp³-hybridized carbons (Fsp3) is 0.156. The van der Waals surface area contributed by atoms with Gasteiger partial charge in [-0.3, -0.25) is 9.78 Å². The molecule has 1 N–H and O–H groups in total. The number of carbonyl (C=O) groups excluding carboxylic acids is 1. The molecule has 5 rings (SSSR count). The second-order valence-electron chi connectivity index (χ2n) is 8.90. The fourth-order valence-corrected chi connectivity index (χ4v) is 4.74. The number of rotatable bonds is 8. The summed E-state index contributed by atoms with van der Waals surface area (Å²) in [6, 6.07) is 32.2. The van der Waals surface area contributed by atoms with E-state index in [0.29, 0.717) is 12.0 Å². The first kappa shape index (κ1) is 23.4. The van der Waals surface area contributed by atoms with Gasteiger partial charge in [-0.1, -0.05) is 85.8 Å². The second-order valence-corrected chi connectivity index (χ2v) is 8.90. The van der Waals surface area contributed by atoms with E-state index >= 15 is 0 Å². The van der Waals surface area contributed by atoms with Gasteiger partial charge in [-0.2, -0.15) is 0 Å². The number of aryl methyl sites for hydroxylation is 1. The molecule has 0 bridgehead atoms. The first-order valence-corrected chi connectivity index (χ1v) is 12.5. The minimum Gasteiger partial charge on any atom is -0.345 e. The summed E-state index contributed by atoms with van der Waals surface area (Å²) in [5.41, 5.74) is 6.66. The van der Waals surface area contributed by atoms with Crippen LogP contribution in [0.15, 0.2) is 109 Å². The number of amides is 1. The largest absolute Gasteiger partial charge is 0.345 e. The molecule has 0 saturated heterocycles. The highest BCUT2D eigenvalue weighted by molar-refractivity contribution is 6.09. The maximum atomic E-state index is 14.1. The number of fused-ring (bicyclic) bond motifs is 1. The molecule has 178 valence electrons. The van der Waals surface area contributed by atoms with Crippen LogP contribution in [0.3, 0.4) is 0 Å². The maximum absolute atomic E-state index is 14.1. The molecule has 3 aromatic carbocycles. The molecule has 5 aromatic rings. The molecule has 1 amide bonds. The molecular weight excluding hydrogens is 442 g/mol. The molecule has 2 aromatic heterocycles. The van der Waals surface area contributed by atoms with Crippen LogP contribution in [0.2, 0.25) is 0 Å². The van der Waals surface area contributed by atoms with Gasteiger partial charge >= 0.3 is 0 Å². The monoisotopic (exact) mass is 471 g/mol. The number of benzene rings is 3. The van der Waals surface area contributed by atoms with Crippen LogP contribution in [0.1, 0.15) is 46.4 Å². The second kappa shape index (κ2) is 11.0. The summed E-state index contributed by atoms with van der Waals surface area (Å²) >= 11 is 0. The van der Waals surface area contributed by atoms with E-state index in [9.17, 15) is 4.79 Å². The maximum Gasteiger partial charge on any atom is 0.252 e. The standard InChI is InChI=1S/C32H29N3O/c1-2-28(24-11-5-3-6-12-24)35-32(36)30-26-15-9-10-16-29(26)34-31(25-13-7-4-8-14-25)27(30)18-17-23-19-21-33-22-20-23/h3-16,19-22,28H,2,17-18H2,1H3,(H,35,36). The van der Waals surface area contributed by atoms with Crippen molar-refractivity contribution in [3.8, 4) is 11.3 Å². The van der Waals surface area contributed by atoms with Crippen molar-refractivity contribution in [3.05, 3.63) is 132 Å². The predicted molar refractivity (Wildman–Crippen MR) is 146 cm³/mol. The molecule has 2 heterocycles. The summed E-state index contributed by atoms with van der Waals surface area (Å²) in [5.74, 6) is -0.0637. The molecule has 0 aliphatic rings. The van der Waals surface area contributed by atoms with Crippen molar-refractivity contribution in [1.82, 2.24) is 15.3 Å². The molecule has 0 aliphatic heterocycles.